The Morgan fingerprint density at radius 3 is 2.32 bits per heavy atom. The van der Waals surface area contributed by atoms with Crippen LogP contribution in [0.5, 0.6) is 11.5 Å². The van der Waals surface area contributed by atoms with Crippen molar-refractivity contribution in [1.82, 2.24) is 0 Å². The molecule has 19 heavy (non-hydrogen) atoms. The number of hydrogen-bond acceptors (Lipinski definition) is 6. The highest BCUT2D eigenvalue weighted by molar-refractivity contribution is 5.97. The Labute approximate surface area is 103 Å². The second-order valence-corrected chi connectivity index (χ2v) is 3.26. The lowest BCUT2D eigenvalue weighted by atomic mass is 10.0. The van der Waals surface area contributed by atoms with Gasteiger partial charge in [-0.3, -0.25) is 10.1 Å². The first-order chi connectivity index (χ1) is 8.61. The number of nitro benzene ring substituents is 1. The van der Waals surface area contributed by atoms with Crippen LogP contribution in [0, 0.1) is 10.1 Å². The van der Waals surface area contributed by atoms with Crippen molar-refractivity contribution >= 4 is 11.7 Å². The zero-order valence-electron chi connectivity index (χ0n) is 9.19. The fourth-order valence-corrected chi connectivity index (χ4v) is 1.35. The summed E-state index contributed by atoms with van der Waals surface area (Å²) in [5.74, 6) is -4.47. The number of nitro groups is 1. The third-order valence-corrected chi connectivity index (χ3v) is 2.13. The van der Waals surface area contributed by atoms with Crippen LogP contribution in [-0.4, -0.2) is 28.2 Å². The fraction of sp³-hybridized carbons (Fsp3) is 0.222. The van der Waals surface area contributed by atoms with Gasteiger partial charge in [-0.05, 0) is 6.07 Å². The van der Waals surface area contributed by atoms with Crippen molar-refractivity contribution in [1.29, 1.82) is 0 Å². The highest BCUT2D eigenvalue weighted by Crippen LogP contribution is 2.45. The monoisotopic (exact) mass is 281 g/mol. The highest BCUT2D eigenvalue weighted by atomic mass is 19.4. The lowest BCUT2D eigenvalue weighted by Crippen LogP contribution is -2.16. The minimum Gasteiger partial charge on any atom is -0.504 e. The van der Waals surface area contributed by atoms with E-state index in [4.69, 9.17) is 5.11 Å². The van der Waals surface area contributed by atoms with Gasteiger partial charge in [0.2, 0.25) is 5.75 Å². The topological polar surface area (TPSA) is 110 Å². The average Bonchev–Trinajstić information content (AvgIpc) is 2.28. The average molecular weight is 281 g/mol. The normalized spacial score (nSPS) is 11.2. The molecule has 0 bridgehead atoms. The molecule has 0 radical (unpaired) electrons. The number of rotatable bonds is 2. The van der Waals surface area contributed by atoms with E-state index in [2.05, 4.69) is 4.74 Å². The third kappa shape index (κ3) is 2.51. The number of benzene rings is 1. The van der Waals surface area contributed by atoms with Gasteiger partial charge in [-0.2, -0.15) is 13.2 Å². The summed E-state index contributed by atoms with van der Waals surface area (Å²) in [4.78, 5) is 20.5. The van der Waals surface area contributed by atoms with Gasteiger partial charge in [0.1, 0.15) is 0 Å². The molecule has 1 aromatic rings. The van der Waals surface area contributed by atoms with E-state index in [0.717, 1.165) is 7.11 Å². The first-order valence-electron chi connectivity index (χ1n) is 4.50. The predicted octanol–water partition coefficient (Wildman–Crippen LogP) is 1.81. The first kappa shape index (κ1) is 14.5. The molecule has 0 amide bonds. The summed E-state index contributed by atoms with van der Waals surface area (Å²) >= 11 is 0. The summed E-state index contributed by atoms with van der Waals surface area (Å²) in [5.41, 5.74) is -4.82. The van der Waals surface area contributed by atoms with E-state index in [1.54, 1.807) is 0 Å². The van der Waals surface area contributed by atoms with Gasteiger partial charge in [-0.15, -0.1) is 0 Å². The van der Waals surface area contributed by atoms with Crippen molar-refractivity contribution in [2.24, 2.45) is 0 Å². The van der Waals surface area contributed by atoms with Crippen LogP contribution in [0.4, 0.5) is 18.9 Å². The molecule has 2 N–H and O–H groups in total. The van der Waals surface area contributed by atoms with E-state index in [-0.39, 0.29) is 6.07 Å². The van der Waals surface area contributed by atoms with Crippen molar-refractivity contribution in [3.8, 4) is 11.5 Å². The Hall–Kier alpha value is -2.52. The van der Waals surface area contributed by atoms with Crippen LogP contribution in [0.3, 0.4) is 0 Å². The Balaban J connectivity index is 3.84. The molecular weight excluding hydrogens is 275 g/mol. The summed E-state index contributed by atoms with van der Waals surface area (Å²) in [7, 11) is 0.718. The Kier molecular flexibility index (Phi) is 3.54. The van der Waals surface area contributed by atoms with Gasteiger partial charge in [0.15, 0.2) is 11.3 Å². The van der Waals surface area contributed by atoms with Crippen molar-refractivity contribution in [3.63, 3.8) is 0 Å². The molecule has 104 valence electrons. The molecular formula is C9H6F3NO6. The molecule has 0 spiro atoms. The van der Waals surface area contributed by atoms with Crippen LogP contribution in [0.1, 0.15) is 15.9 Å². The quantitative estimate of drug-likeness (QED) is 0.370. The van der Waals surface area contributed by atoms with E-state index >= 15 is 0 Å². The van der Waals surface area contributed by atoms with Crippen molar-refractivity contribution in [2.45, 2.75) is 6.18 Å². The molecule has 0 saturated heterocycles. The van der Waals surface area contributed by atoms with E-state index in [9.17, 15) is 33.2 Å². The molecule has 0 aliphatic rings. The number of esters is 1. The van der Waals surface area contributed by atoms with Gasteiger partial charge in [0.25, 0.3) is 0 Å². The molecule has 0 unspecified atom stereocenters. The van der Waals surface area contributed by atoms with Crippen LogP contribution >= 0.6 is 0 Å². The zero-order chi connectivity index (χ0) is 15.0. The minimum atomic E-state index is -5.15. The number of carbonyl (C=O) groups is 1. The number of carbonyl (C=O) groups excluding carboxylic acids is 1. The lowest BCUT2D eigenvalue weighted by molar-refractivity contribution is -0.386. The van der Waals surface area contributed by atoms with E-state index in [0.29, 0.717) is 0 Å². The van der Waals surface area contributed by atoms with Crippen molar-refractivity contribution in [2.75, 3.05) is 7.11 Å². The predicted molar refractivity (Wildman–Crippen MR) is 52.8 cm³/mol. The maximum Gasteiger partial charge on any atom is 0.417 e. The largest absolute Gasteiger partial charge is 0.504 e. The number of methoxy groups -OCH3 is 1. The SMILES string of the molecule is COC(=O)c1c(C(F)(F)F)cc(O)c(O)c1[N+](=O)[O-]. The fourth-order valence-electron chi connectivity index (χ4n) is 1.35. The molecule has 0 fully saturated rings. The van der Waals surface area contributed by atoms with Gasteiger partial charge < -0.3 is 14.9 Å². The number of phenols is 2. The number of nitrogens with zero attached hydrogens (tertiary/aromatic N) is 1. The van der Waals surface area contributed by atoms with Crippen molar-refractivity contribution < 1.29 is 37.8 Å². The maximum absolute atomic E-state index is 12.7. The molecule has 0 aromatic heterocycles. The molecule has 0 aliphatic heterocycles. The van der Waals surface area contributed by atoms with Gasteiger partial charge in [0, 0.05) is 0 Å². The van der Waals surface area contributed by atoms with E-state index < -0.39 is 45.4 Å². The Morgan fingerprint density at radius 1 is 1.42 bits per heavy atom. The second-order valence-electron chi connectivity index (χ2n) is 3.26. The lowest BCUT2D eigenvalue weighted by Gasteiger charge is -2.13. The van der Waals surface area contributed by atoms with Gasteiger partial charge in [-0.1, -0.05) is 0 Å². The summed E-state index contributed by atoms with van der Waals surface area (Å²) in [6.45, 7) is 0. The maximum atomic E-state index is 12.7. The molecule has 1 aromatic carbocycles. The molecule has 1 rings (SSSR count). The summed E-state index contributed by atoms with van der Waals surface area (Å²) in [6, 6.07) is 0.00852. The second kappa shape index (κ2) is 4.63. The number of alkyl halides is 3. The van der Waals surface area contributed by atoms with E-state index in [1.807, 2.05) is 0 Å². The molecule has 0 aliphatic carbocycles. The van der Waals surface area contributed by atoms with Crippen molar-refractivity contribution in [3.05, 3.63) is 27.3 Å². The summed E-state index contributed by atoms with van der Waals surface area (Å²) < 4.78 is 42.1. The first-order valence-corrected chi connectivity index (χ1v) is 4.50. The van der Waals surface area contributed by atoms with Crippen LogP contribution in [-0.2, 0) is 10.9 Å². The van der Waals surface area contributed by atoms with Crippen LogP contribution in [0.15, 0.2) is 6.07 Å². The number of halogens is 3. The number of ether oxygens (including phenoxy) is 1. The molecule has 0 atom stereocenters. The van der Waals surface area contributed by atoms with E-state index in [1.165, 1.54) is 0 Å². The smallest absolute Gasteiger partial charge is 0.417 e. The van der Waals surface area contributed by atoms with Gasteiger partial charge in [-0.25, -0.2) is 4.79 Å². The number of aromatic hydroxyl groups is 2. The zero-order valence-corrected chi connectivity index (χ0v) is 9.19. The standard InChI is InChI=1S/C9H6F3NO6/c1-19-8(16)5-3(9(10,11)12)2-4(14)7(15)6(5)13(17)18/h2,14-15H,1H3. The Morgan fingerprint density at radius 2 is 1.95 bits per heavy atom. The molecule has 10 heteroatoms. The molecule has 7 nitrogen and oxygen atoms in total. The summed E-state index contributed by atoms with van der Waals surface area (Å²) in [6.07, 6.45) is -5.15. The number of phenolic OH excluding ortho intramolecular Hbond substituents is 2. The number of hydrogen-bond donors (Lipinski definition) is 2. The van der Waals surface area contributed by atoms with Gasteiger partial charge in [0.05, 0.1) is 17.6 Å². The van der Waals surface area contributed by atoms with Gasteiger partial charge >= 0.3 is 17.8 Å². The summed E-state index contributed by atoms with van der Waals surface area (Å²) in [5, 5.41) is 28.9. The van der Waals surface area contributed by atoms with Crippen LogP contribution in [0.2, 0.25) is 0 Å². The molecule has 0 saturated carbocycles. The van der Waals surface area contributed by atoms with Crippen LogP contribution in [0.25, 0.3) is 0 Å². The Bertz CT molecular complexity index is 554. The molecule has 0 heterocycles. The minimum absolute atomic E-state index is 0.00852. The third-order valence-electron chi connectivity index (χ3n) is 2.13. The highest BCUT2D eigenvalue weighted by Gasteiger charge is 2.43. The van der Waals surface area contributed by atoms with Crippen LogP contribution < -0.4 is 0 Å².